The van der Waals surface area contributed by atoms with Gasteiger partial charge >= 0.3 is 0 Å². The number of hydrogen-bond donors (Lipinski definition) is 2. The van der Waals surface area contributed by atoms with Crippen molar-refractivity contribution >= 4 is 29.0 Å². The van der Waals surface area contributed by atoms with Crippen molar-refractivity contribution in [3.8, 4) is 11.8 Å². The SMILES string of the molecule is CC(C)(C#N)c1cc(OCCO)ccc1C(=S)S. The highest BCUT2D eigenvalue weighted by Crippen LogP contribution is 2.30. The molecule has 0 spiro atoms. The average molecular weight is 281 g/mol. The van der Waals surface area contributed by atoms with Crippen molar-refractivity contribution in [3.05, 3.63) is 29.3 Å². The van der Waals surface area contributed by atoms with Gasteiger partial charge in [0.25, 0.3) is 0 Å². The van der Waals surface area contributed by atoms with Crippen LogP contribution in [0.2, 0.25) is 0 Å². The molecule has 0 radical (unpaired) electrons. The first kappa shape index (κ1) is 15.0. The molecule has 3 nitrogen and oxygen atoms in total. The minimum absolute atomic E-state index is 0.0519. The van der Waals surface area contributed by atoms with Crippen molar-refractivity contribution in [2.45, 2.75) is 19.3 Å². The fourth-order valence-corrected chi connectivity index (χ4v) is 1.91. The van der Waals surface area contributed by atoms with E-state index in [4.69, 9.17) is 22.1 Å². The van der Waals surface area contributed by atoms with E-state index in [1.807, 2.05) is 13.8 Å². The number of hydrogen-bond acceptors (Lipinski definition) is 4. The van der Waals surface area contributed by atoms with Gasteiger partial charge in [-0.2, -0.15) is 5.26 Å². The van der Waals surface area contributed by atoms with Crippen LogP contribution in [0.15, 0.2) is 18.2 Å². The van der Waals surface area contributed by atoms with Crippen molar-refractivity contribution < 1.29 is 9.84 Å². The first-order chi connectivity index (χ1) is 8.42. The van der Waals surface area contributed by atoms with Gasteiger partial charge in [0, 0.05) is 5.56 Å². The maximum absolute atomic E-state index is 9.22. The highest BCUT2D eigenvalue weighted by Gasteiger charge is 2.24. The Balaban J connectivity index is 3.25. The molecule has 1 N–H and O–H groups in total. The molecule has 0 unspecified atom stereocenters. The Morgan fingerprint density at radius 3 is 2.72 bits per heavy atom. The number of thiol groups is 1. The number of benzene rings is 1. The van der Waals surface area contributed by atoms with Gasteiger partial charge in [0.1, 0.15) is 12.4 Å². The summed E-state index contributed by atoms with van der Waals surface area (Å²) >= 11 is 9.25. The average Bonchev–Trinajstić information content (AvgIpc) is 2.35. The predicted octanol–water partition coefficient (Wildman–Crippen LogP) is 2.46. The van der Waals surface area contributed by atoms with E-state index in [1.54, 1.807) is 18.2 Å². The zero-order valence-corrected chi connectivity index (χ0v) is 12.0. The van der Waals surface area contributed by atoms with Gasteiger partial charge < -0.3 is 9.84 Å². The molecule has 0 bridgehead atoms. The quantitative estimate of drug-likeness (QED) is 0.643. The summed E-state index contributed by atoms with van der Waals surface area (Å²) < 4.78 is 5.79. The number of nitriles is 1. The fourth-order valence-electron chi connectivity index (χ4n) is 1.54. The number of ether oxygens (including phenoxy) is 1. The maximum Gasteiger partial charge on any atom is 0.119 e. The van der Waals surface area contributed by atoms with E-state index in [-0.39, 0.29) is 13.2 Å². The van der Waals surface area contributed by atoms with E-state index < -0.39 is 5.41 Å². The maximum atomic E-state index is 9.22. The minimum Gasteiger partial charge on any atom is -0.491 e. The topological polar surface area (TPSA) is 53.2 Å². The molecule has 1 aromatic carbocycles. The first-order valence-corrected chi connectivity index (χ1v) is 6.30. The lowest BCUT2D eigenvalue weighted by atomic mass is 9.83. The first-order valence-electron chi connectivity index (χ1n) is 5.45. The fraction of sp³-hybridized carbons (Fsp3) is 0.385. The Labute approximate surface area is 118 Å². The molecular weight excluding hydrogens is 266 g/mol. The third kappa shape index (κ3) is 3.45. The Bertz CT molecular complexity index is 492. The van der Waals surface area contributed by atoms with Crippen LogP contribution in [-0.2, 0) is 5.41 Å². The third-order valence-electron chi connectivity index (χ3n) is 2.53. The third-order valence-corrected chi connectivity index (χ3v) is 3.00. The van der Waals surface area contributed by atoms with Crippen LogP contribution in [0.1, 0.15) is 25.0 Å². The summed E-state index contributed by atoms with van der Waals surface area (Å²) in [6.07, 6.45) is 0. The lowest BCUT2D eigenvalue weighted by Gasteiger charge is -2.20. The van der Waals surface area contributed by atoms with Gasteiger partial charge in [-0.3, -0.25) is 0 Å². The minimum atomic E-state index is -0.680. The summed E-state index contributed by atoms with van der Waals surface area (Å²) in [4.78, 5) is 0. The molecule has 0 aliphatic carbocycles. The van der Waals surface area contributed by atoms with Crippen LogP contribution in [0, 0.1) is 11.3 Å². The smallest absolute Gasteiger partial charge is 0.119 e. The summed E-state index contributed by atoms with van der Waals surface area (Å²) in [6, 6.07) is 7.55. The summed E-state index contributed by atoms with van der Waals surface area (Å²) in [7, 11) is 0. The lowest BCUT2D eigenvalue weighted by molar-refractivity contribution is 0.201. The van der Waals surface area contributed by atoms with Gasteiger partial charge in [-0.1, -0.05) is 12.2 Å². The molecule has 0 aromatic heterocycles. The van der Waals surface area contributed by atoms with E-state index in [0.717, 1.165) is 11.1 Å². The molecule has 0 saturated heterocycles. The van der Waals surface area contributed by atoms with Crippen LogP contribution in [0.5, 0.6) is 5.75 Å². The molecule has 1 aromatic rings. The zero-order chi connectivity index (χ0) is 13.8. The number of rotatable bonds is 5. The molecule has 18 heavy (non-hydrogen) atoms. The molecule has 0 heterocycles. The van der Waals surface area contributed by atoms with Crippen LogP contribution in [-0.4, -0.2) is 22.5 Å². The molecular formula is C13H15NO2S2. The number of nitrogens with zero attached hydrogens (tertiary/aromatic N) is 1. The number of aliphatic hydroxyl groups excluding tert-OH is 1. The molecule has 0 amide bonds. The van der Waals surface area contributed by atoms with E-state index >= 15 is 0 Å². The molecule has 5 heteroatoms. The van der Waals surface area contributed by atoms with Gasteiger partial charge in [-0.25, -0.2) is 0 Å². The Hall–Kier alpha value is -1.09. The molecule has 0 saturated carbocycles. The van der Waals surface area contributed by atoms with Crippen molar-refractivity contribution in [1.29, 1.82) is 5.26 Å². The Morgan fingerprint density at radius 1 is 1.56 bits per heavy atom. The Kier molecular flexibility index (Phi) is 5.15. The molecule has 96 valence electrons. The predicted molar refractivity (Wildman–Crippen MR) is 78.3 cm³/mol. The highest BCUT2D eigenvalue weighted by atomic mass is 32.1. The monoisotopic (exact) mass is 281 g/mol. The standard InChI is InChI=1S/C13H15NO2S2/c1-13(2,8-14)11-7-9(16-6-5-15)3-4-10(11)12(17)18/h3-4,7,15H,5-6H2,1-2H3,(H,17,18). The van der Waals surface area contributed by atoms with Gasteiger partial charge in [-0.15, -0.1) is 12.6 Å². The van der Waals surface area contributed by atoms with Crippen LogP contribution in [0.3, 0.4) is 0 Å². The van der Waals surface area contributed by atoms with Crippen LogP contribution < -0.4 is 4.74 Å². The molecule has 0 aliphatic heterocycles. The molecule has 0 atom stereocenters. The highest BCUT2D eigenvalue weighted by molar-refractivity contribution is 8.11. The van der Waals surface area contributed by atoms with Crippen LogP contribution >= 0.6 is 24.8 Å². The van der Waals surface area contributed by atoms with Crippen LogP contribution in [0.25, 0.3) is 0 Å². The van der Waals surface area contributed by atoms with Crippen molar-refractivity contribution in [3.63, 3.8) is 0 Å². The molecule has 0 aliphatic rings. The second-order valence-corrected chi connectivity index (χ2v) is 5.48. The zero-order valence-electron chi connectivity index (χ0n) is 10.3. The van der Waals surface area contributed by atoms with E-state index in [2.05, 4.69) is 18.7 Å². The van der Waals surface area contributed by atoms with Gasteiger partial charge in [0.2, 0.25) is 0 Å². The van der Waals surface area contributed by atoms with Crippen molar-refractivity contribution in [1.82, 2.24) is 0 Å². The van der Waals surface area contributed by atoms with E-state index in [0.29, 0.717) is 9.95 Å². The van der Waals surface area contributed by atoms with Crippen LogP contribution in [0.4, 0.5) is 0 Å². The number of aliphatic hydroxyl groups is 1. The second kappa shape index (κ2) is 6.19. The summed E-state index contributed by atoms with van der Waals surface area (Å²) in [6.45, 7) is 3.79. The lowest BCUT2D eigenvalue weighted by Crippen LogP contribution is -2.18. The van der Waals surface area contributed by atoms with Gasteiger partial charge in [0.05, 0.1) is 22.3 Å². The second-order valence-electron chi connectivity index (χ2n) is 4.32. The van der Waals surface area contributed by atoms with E-state index in [1.165, 1.54) is 0 Å². The summed E-state index contributed by atoms with van der Waals surface area (Å²) in [5, 5.41) is 18.0. The largest absolute Gasteiger partial charge is 0.491 e. The van der Waals surface area contributed by atoms with Gasteiger partial charge in [-0.05, 0) is 37.6 Å². The van der Waals surface area contributed by atoms with Crippen molar-refractivity contribution in [2.75, 3.05) is 13.2 Å². The number of thiocarbonyl (C=S) groups is 1. The van der Waals surface area contributed by atoms with E-state index in [9.17, 15) is 5.26 Å². The van der Waals surface area contributed by atoms with Crippen molar-refractivity contribution in [2.24, 2.45) is 0 Å². The molecule has 0 fully saturated rings. The Morgan fingerprint density at radius 2 is 2.22 bits per heavy atom. The normalized spacial score (nSPS) is 10.8. The summed E-state index contributed by atoms with van der Waals surface area (Å²) in [5.74, 6) is 0.607. The summed E-state index contributed by atoms with van der Waals surface area (Å²) in [5.41, 5.74) is 0.859. The molecule has 1 rings (SSSR count). The van der Waals surface area contributed by atoms with Gasteiger partial charge in [0.15, 0.2) is 0 Å².